The van der Waals surface area contributed by atoms with Crippen molar-refractivity contribution in [3.05, 3.63) is 46.3 Å². The molecule has 0 unspecified atom stereocenters. The average Bonchev–Trinajstić information content (AvgIpc) is 2.68. The van der Waals surface area contributed by atoms with Gasteiger partial charge in [0.1, 0.15) is 0 Å². The second-order valence-corrected chi connectivity index (χ2v) is 7.68. The minimum atomic E-state index is -5.14. The first-order valence-electron chi connectivity index (χ1n) is 7.89. The Kier molecular flexibility index (Phi) is 6.69. The fraction of sp³-hybridized carbons (Fsp3) is 0.250. The smallest absolute Gasteiger partial charge is 0.294 e. The van der Waals surface area contributed by atoms with Gasteiger partial charge in [0.25, 0.3) is 10.0 Å². The Morgan fingerprint density at radius 1 is 1.21 bits per heavy atom. The highest BCUT2D eigenvalue weighted by Crippen LogP contribution is 2.34. The third-order valence-corrected chi connectivity index (χ3v) is 5.39. The van der Waals surface area contributed by atoms with Gasteiger partial charge in [0, 0.05) is 13.5 Å². The zero-order valence-corrected chi connectivity index (χ0v) is 16.5. The van der Waals surface area contributed by atoms with E-state index in [9.17, 15) is 31.6 Å². The number of carbonyl (C=O) groups excluding carboxylic acids is 3. The van der Waals surface area contributed by atoms with Crippen LogP contribution in [-0.2, 0) is 10.0 Å². The molecule has 1 aromatic heterocycles. The molecule has 0 N–H and O–H groups in total. The van der Waals surface area contributed by atoms with E-state index in [1.165, 1.54) is 19.1 Å². The number of alkyl halides is 2. The number of para-hydroxylation sites is 1. The normalized spacial score (nSPS) is 11.4. The molecule has 0 aliphatic rings. The summed E-state index contributed by atoms with van der Waals surface area (Å²) in [5.41, 5.74) is -0.916. The second-order valence-electron chi connectivity index (χ2n) is 5.45. The van der Waals surface area contributed by atoms with Gasteiger partial charge in [-0.15, -0.1) is 0 Å². The number of nitrogens with zero attached hydrogens (tertiary/aromatic N) is 4. The summed E-state index contributed by atoms with van der Waals surface area (Å²) in [5.74, 6) is -7.10. The monoisotopic (exact) mass is 446 g/mol. The summed E-state index contributed by atoms with van der Waals surface area (Å²) in [7, 11) is -5.14. The van der Waals surface area contributed by atoms with Crippen LogP contribution in [0.3, 0.4) is 0 Å². The lowest BCUT2D eigenvalue weighted by Crippen LogP contribution is -2.36. The van der Waals surface area contributed by atoms with Crippen molar-refractivity contribution < 1.29 is 31.6 Å². The van der Waals surface area contributed by atoms with Crippen molar-refractivity contribution in [2.75, 3.05) is 10.8 Å². The number of benzene rings is 1. The van der Waals surface area contributed by atoms with E-state index in [1.807, 2.05) is 0 Å². The molecule has 0 saturated carbocycles. The van der Waals surface area contributed by atoms with E-state index in [0.29, 0.717) is 4.31 Å². The topological polar surface area (TPSA) is 127 Å². The summed E-state index contributed by atoms with van der Waals surface area (Å²) in [6.07, 6.45) is 0.184. The number of anilines is 1. The van der Waals surface area contributed by atoms with Crippen molar-refractivity contribution in [1.29, 1.82) is 0 Å². The highest BCUT2D eigenvalue weighted by Gasteiger charge is 2.35. The van der Waals surface area contributed by atoms with Gasteiger partial charge in [-0.1, -0.05) is 17.7 Å². The quantitative estimate of drug-likeness (QED) is 0.445. The lowest BCUT2D eigenvalue weighted by molar-refractivity contribution is 0.100. The van der Waals surface area contributed by atoms with Crippen molar-refractivity contribution in [2.24, 2.45) is 0 Å². The first-order valence-corrected chi connectivity index (χ1v) is 9.77. The van der Waals surface area contributed by atoms with Crippen LogP contribution >= 0.6 is 11.6 Å². The summed E-state index contributed by atoms with van der Waals surface area (Å²) in [4.78, 5) is 46.3. The molecule has 13 heteroatoms. The lowest BCUT2D eigenvalue weighted by atomic mass is 10.1. The molecule has 0 spiro atoms. The lowest BCUT2D eigenvalue weighted by Gasteiger charge is -2.25. The number of aromatic nitrogens is 3. The number of sulfonamides is 1. The fourth-order valence-corrected chi connectivity index (χ4v) is 3.67. The molecule has 29 heavy (non-hydrogen) atoms. The Hall–Kier alpha value is -2.86. The summed E-state index contributed by atoms with van der Waals surface area (Å²) in [5, 5.41) is -0.293. The number of rotatable bonds is 8. The Labute approximate surface area is 168 Å². The largest absolute Gasteiger partial charge is 0.355 e. The van der Waals surface area contributed by atoms with Gasteiger partial charge in [-0.05, 0) is 19.1 Å². The Morgan fingerprint density at radius 2 is 1.83 bits per heavy atom. The number of hydrogen-bond donors (Lipinski definition) is 0. The minimum absolute atomic E-state index is 0.184. The first kappa shape index (κ1) is 22.4. The van der Waals surface area contributed by atoms with Crippen molar-refractivity contribution in [3.63, 3.8) is 0 Å². The number of carbonyl (C=O) groups is 3. The minimum Gasteiger partial charge on any atom is -0.294 e. The van der Waals surface area contributed by atoms with Crippen LogP contribution in [0.25, 0.3) is 0 Å². The van der Waals surface area contributed by atoms with Crippen LogP contribution in [0.15, 0.2) is 18.2 Å². The number of Topliss-reactive ketones (excluding diaryl/α,β-unsaturated/α-hetero) is 1. The Bertz CT molecular complexity index is 1090. The Morgan fingerprint density at radius 3 is 2.34 bits per heavy atom. The molecule has 0 radical (unpaired) electrons. The second kappa shape index (κ2) is 8.66. The van der Waals surface area contributed by atoms with Gasteiger partial charge in [-0.3, -0.25) is 18.7 Å². The van der Waals surface area contributed by atoms with Gasteiger partial charge in [-0.2, -0.15) is 8.78 Å². The molecular weight excluding hydrogens is 434 g/mol. The standard InChI is InChI=1S/C16H13ClF2N4O5S/c1-3-23(29(27,28)16(18)19)12-9(5-4-6-10(12)17)13(26)15-21-11(7-24)20-14(22-15)8(2)25/h4-7,16H,3H2,1-2H3. The van der Waals surface area contributed by atoms with Gasteiger partial charge in [0.05, 0.1) is 16.3 Å². The summed E-state index contributed by atoms with van der Waals surface area (Å²) >= 11 is 6.02. The molecule has 2 aromatic rings. The molecule has 0 aliphatic carbocycles. The van der Waals surface area contributed by atoms with Gasteiger partial charge < -0.3 is 0 Å². The number of ketones is 2. The SMILES string of the molecule is CCN(c1c(Cl)cccc1C(=O)c1nc(C=O)nc(C(C)=O)n1)S(=O)(=O)C(F)F. The number of aldehydes is 1. The zero-order chi connectivity index (χ0) is 21.9. The molecule has 1 aromatic carbocycles. The van der Waals surface area contributed by atoms with Gasteiger partial charge in [0.15, 0.2) is 23.7 Å². The number of hydrogen-bond acceptors (Lipinski definition) is 8. The molecule has 0 aliphatic heterocycles. The highest BCUT2D eigenvalue weighted by molar-refractivity contribution is 7.93. The van der Waals surface area contributed by atoms with Crippen LogP contribution in [0.5, 0.6) is 0 Å². The number of halogens is 3. The van der Waals surface area contributed by atoms with Gasteiger partial charge in [0.2, 0.25) is 11.6 Å². The molecular formula is C16H13ClF2N4O5S. The molecule has 1 heterocycles. The van der Waals surface area contributed by atoms with Crippen molar-refractivity contribution in [1.82, 2.24) is 15.0 Å². The predicted molar refractivity (Wildman–Crippen MR) is 98.0 cm³/mol. The van der Waals surface area contributed by atoms with Crippen LogP contribution in [0.4, 0.5) is 14.5 Å². The molecule has 0 bridgehead atoms. The van der Waals surface area contributed by atoms with Gasteiger partial charge in [-0.25, -0.2) is 23.4 Å². The van der Waals surface area contributed by atoms with Crippen molar-refractivity contribution >= 4 is 45.2 Å². The van der Waals surface area contributed by atoms with Crippen LogP contribution in [0.2, 0.25) is 5.02 Å². The molecule has 0 amide bonds. The van der Waals surface area contributed by atoms with E-state index in [2.05, 4.69) is 15.0 Å². The summed E-state index contributed by atoms with van der Waals surface area (Å²) in [6.45, 7) is 1.92. The maximum atomic E-state index is 13.1. The molecule has 9 nitrogen and oxygen atoms in total. The van der Waals surface area contributed by atoms with Crippen LogP contribution < -0.4 is 4.31 Å². The highest BCUT2D eigenvalue weighted by atomic mass is 35.5. The molecule has 0 atom stereocenters. The maximum absolute atomic E-state index is 13.1. The third-order valence-electron chi connectivity index (χ3n) is 3.58. The van der Waals surface area contributed by atoms with E-state index in [4.69, 9.17) is 11.6 Å². The predicted octanol–water partition coefficient (Wildman–Crippen LogP) is 2.15. The van der Waals surface area contributed by atoms with Gasteiger partial charge >= 0.3 is 5.76 Å². The zero-order valence-electron chi connectivity index (χ0n) is 15.0. The van der Waals surface area contributed by atoms with Crippen LogP contribution in [0.1, 0.15) is 51.3 Å². The summed E-state index contributed by atoms with van der Waals surface area (Å²) < 4.78 is 50.6. The van der Waals surface area contributed by atoms with E-state index >= 15 is 0 Å². The van der Waals surface area contributed by atoms with Crippen molar-refractivity contribution in [3.8, 4) is 0 Å². The third kappa shape index (κ3) is 4.43. The molecule has 0 fully saturated rings. The van der Waals surface area contributed by atoms with E-state index in [1.54, 1.807) is 0 Å². The van der Waals surface area contributed by atoms with E-state index in [-0.39, 0.29) is 11.3 Å². The van der Waals surface area contributed by atoms with E-state index in [0.717, 1.165) is 13.0 Å². The molecule has 154 valence electrons. The molecule has 0 saturated heterocycles. The Balaban J connectivity index is 2.73. The average molecular weight is 447 g/mol. The van der Waals surface area contributed by atoms with Crippen molar-refractivity contribution in [2.45, 2.75) is 19.6 Å². The first-order chi connectivity index (χ1) is 13.5. The molecule has 2 rings (SSSR count). The van der Waals surface area contributed by atoms with Crippen LogP contribution in [0, 0.1) is 0 Å². The fourth-order valence-electron chi connectivity index (χ4n) is 2.34. The van der Waals surface area contributed by atoms with E-state index < -0.39 is 62.6 Å². The van der Waals surface area contributed by atoms with Crippen LogP contribution in [-0.4, -0.2) is 53.5 Å². The maximum Gasteiger partial charge on any atom is 0.355 e. The summed E-state index contributed by atoms with van der Waals surface area (Å²) in [6, 6.07) is 3.63.